The second-order valence-electron chi connectivity index (χ2n) is 7.73. The van der Waals surface area contributed by atoms with Gasteiger partial charge in [0.1, 0.15) is 6.61 Å². The van der Waals surface area contributed by atoms with E-state index in [1.807, 2.05) is 30.3 Å². The van der Waals surface area contributed by atoms with E-state index in [9.17, 15) is 14.4 Å². The number of piperidine rings is 1. The Bertz CT molecular complexity index is 926. The van der Waals surface area contributed by atoms with Crippen LogP contribution in [0.3, 0.4) is 0 Å². The quantitative estimate of drug-likeness (QED) is 0.588. The van der Waals surface area contributed by atoms with Crippen LogP contribution in [0.4, 0.5) is 0 Å². The predicted molar refractivity (Wildman–Crippen MR) is 118 cm³/mol. The van der Waals surface area contributed by atoms with Crippen LogP contribution >= 0.6 is 0 Å². The van der Waals surface area contributed by atoms with Crippen LogP contribution < -0.4 is 4.74 Å². The molecule has 1 aliphatic heterocycles. The molecule has 2 aromatic rings. The van der Waals surface area contributed by atoms with Gasteiger partial charge in [-0.15, -0.1) is 0 Å². The van der Waals surface area contributed by atoms with Crippen molar-refractivity contribution in [2.45, 2.75) is 26.4 Å². The van der Waals surface area contributed by atoms with Crippen LogP contribution in [0.2, 0.25) is 0 Å². The minimum atomic E-state index is -0.285. The number of hydrogen-bond donors (Lipinski definition) is 0. The molecule has 8 nitrogen and oxygen atoms in total. The highest BCUT2D eigenvalue weighted by molar-refractivity contribution is 5.96. The zero-order valence-corrected chi connectivity index (χ0v) is 18.5. The van der Waals surface area contributed by atoms with Gasteiger partial charge in [-0.2, -0.15) is 0 Å². The standard InChI is InChI=1S/C24H29N3O5/c1-3-31-24(30)19-10-13-27(14-11-19)22(28)16-26(2)23(29)20-9-12-25-21(15-20)32-17-18-7-5-4-6-8-18/h4-9,12,15,19H,3,10-11,13-14,16-17H2,1-2H3. The second kappa shape index (κ2) is 11.3. The number of likely N-dealkylation sites (tertiary alicyclic amines) is 1. The Balaban J connectivity index is 1.51. The smallest absolute Gasteiger partial charge is 0.309 e. The van der Waals surface area contributed by atoms with Gasteiger partial charge in [-0.05, 0) is 31.4 Å². The Hall–Kier alpha value is -3.42. The second-order valence-corrected chi connectivity index (χ2v) is 7.73. The third-order valence-corrected chi connectivity index (χ3v) is 5.40. The molecule has 170 valence electrons. The van der Waals surface area contributed by atoms with E-state index >= 15 is 0 Å². The van der Waals surface area contributed by atoms with Crippen molar-refractivity contribution < 1.29 is 23.9 Å². The molecule has 0 atom stereocenters. The van der Waals surface area contributed by atoms with Crippen LogP contribution in [-0.2, 0) is 20.9 Å². The number of rotatable bonds is 8. The molecule has 0 N–H and O–H groups in total. The first kappa shape index (κ1) is 23.2. The maximum Gasteiger partial charge on any atom is 0.309 e. The van der Waals surface area contributed by atoms with Crippen LogP contribution in [0.1, 0.15) is 35.7 Å². The fourth-order valence-electron chi connectivity index (χ4n) is 3.57. The molecule has 3 rings (SSSR count). The molecule has 1 saturated heterocycles. The van der Waals surface area contributed by atoms with Crippen molar-refractivity contribution in [1.29, 1.82) is 0 Å². The average Bonchev–Trinajstić information content (AvgIpc) is 2.83. The van der Waals surface area contributed by atoms with Gasteiger partial charge in [-0.25, -0.2) is 4.98 Å². The van der Waals surface area contributed by atoms with Crippen LogP contribution in [0, 0.1) is 5.92 Å². The molecule has 1 aromatic carbocycles. The average molecular weight is 440 g/mol. The topological polar surface area (TPSA) is 89.0 Å². The van der Waals surface area contributed by atoms with Crippen LogP contribution in [0.15, 0.2) is 48.7 Å². The highest BCUT2D eigenvalue weighted by atomic mass is 16.5. The zero-order valence-electron chi connectivity index (χ0n) is 18.5. The fourth-order valence-corrected chi connectivity index (χ4v) is 3.57. The molecule has 0 bridgehead atoms. The summed E-state index contributed by atoms with van der Waals surface area (Å²) in [6.45, 7) is 3.42. The lowest BCUT2D eigenvalue weighted by Gasteiger charge is -2.32. The Kier molecular flexibility index (Phi) is 8.19. The molecule has 0 saturated carbocycles. The number of likely N-dealkylation sites (N-methyl/N-ethyl adjacent to an activating group) is 1. The molecule has 32 heavy (non-hydrogen) atoms. The Morgan fingerprint density at radius 1 is 1.12 bits per heavy atom. The van der Waals surface area contributed by atoms with Gasteiger partial charge < -0.3 is 19.3 Å². The SMILES string of the molecule is CCOC(=O)C1CCN(C(=O)CN(C)C(=O)c2ccnc(OCc3ccccc3)c2)CC1. The Morgan fingerprint density at radius 3 is 2.53 bits per heavy atom. The molecular formula is C24H29N3O5. The lowest BCUT2D eigenvalue weighted by Crippen LogP contribution is -2.45. The number of hydrogen-bond acceptors (Lipinski definition) is 6. The van der Waals surface area contributed by atoms with E-state index in [1.54, 1.807) is 31.0 Å². The van der Waals surface area contributed by atoms with Crippen molar-refractivity contribution >= 4 is 17.8 Å². The van der Waals surface area contributed by atoms with Gasteiger partial charge in [-0.3, -0.25) is 14.4 Å². The number of carbonyl (C=O) groups excluding carboxylic acids is 3. The summed E-state index contributed by atoms with van der Waals surface area (Å²) in [4.78, 5) is 44.6. The van der Waals surface area contributed by atoms with E-state index < -0.39 is 0 Å². The van der Waals surface area contributed by atoms with Crippen LogP contribution in [-0.4, -0.2) is 65.9 Å². The molecule has 1 aliphatic rings. The van der Waals surface area contributed by atoms with Crippen molar-refractivity contribution in [3.05, 3.63) is 59.8 Å². The van der Waals surface area contributed by atoms with Crippen molar-refractivity contribution in [2.75, 3.05) is 33.3 Å². The van der Waals surface area contributed by atoms with E-state index in [-0.39, 0.29) is 30.2 Å². The highest BCUT2D eigenvalue weighted by Gasteiger charge is 2.29. The fraction of sp³-hybridized carbons (Fsp3) is 0.417. The third kappa shape index (κ3) is 6.29. The summed E-state index contributed by atoms with van der Waals surface area (Å²) in [5.74, 6) is -0.440. The number of esters is 1. The van der Waals surface area contributed by atoms with Crippen molar-refractivity contribution in [3.63, 3.8) is 0 Å². The van der Waals surface area contributed by atoms with Crippen LogP contribution in [0.25, 0.3) is 0 Å². The number of aromatic nitrogens is 1. The summed E-state index contributed by atoms with van der Waals surface area (Å²) in [6, 6.07) is 12.9. The summed E-state index contributed by atoms with van der Waals surface area (Å²) in [5.41, 5.74) is 1.40. The number of amides is 2. The lowest BCUT2D eigenvalue weighted by molar-refractivity contribution is -0.151. The van der Waals surface area contributed by atoms with Crippen molar-refractivity contribution in [2.24, 2.45) is 5.92 Å². The number of nitrogens with zero attached hydrogens (tertiary/aromatic N) is 3. The molecule has 1 fully saturated rings. The summed E-state index contributed by atoms with van der Waals surface area (Å²) < 4.78 is 10.8. The van der Waals surface area contributed by atoms with Gasteiger partial charge in [0.15, 0.2) is 0 Å². The molecule has 2 heterocycles. The molecule has 0 unspecified atom stereocenters. The maximum atomic E-state index is 12.8. The van der Waals surface area contributed by atoms with Gasteiger partial charge >= 0.3 is 5.97 Å². The molecular weight excluding hydrogens is 410 g/mol. The number of carbonyl (C=O) groups is 3. The zero-order chi connectivity index (χ0) is 22.9. The maximum absolute atomic E-state index is 12.8. The third-order valence-electron chi connectivity index (χ3n) is 5.40. The predicted octanol–water partition coefficient (Wildman–Crippen LogP) is 2.53. The summed E-state index contributed by atoms with van der Waals surface area (Å²) in [5, 5.41) is 0. The first-order valence-electron chi connectivity index (χ1n) is 10.8. The van der Waals surface area contributed by atoms with E-state index in [0.717, 1.165) is 5.56 Å². The van der Waals surface area contributed by atoms with Gasteiger partial charge in [-0.1, -0.05) is 30.3 Å². The number of benzene rings is 1. The molecule has 0 spiro atoms. The van der Waals surface area contributed by atoms with Gasteiger partial charge in [0.25, 0.3) is 5.91 Å². The Labute approximate surface area is 188 Å². The summed E-state index contributed by atoms with van der Waals surface area (Å²) in [6.07, 6.45) is 2.67. The normalized spacial score (nSPS) is 14.0. The Morgan fingerprint density at radius 2 is 1.84 bits per heavy atom. The molecule has 1 aromatic heterocycles. The lowest BCUT2D eigenvalue weighted by atomic mass is 9.97. The van der Waals surface area contributed by atoms with Crippen molar-refractivity contribution in [3.8, 4) is 5.88 Å². The first-order valence-corrected chi connectivity index (χ1v) is 10.8. The molecule has 0 aliphatic carbocycles. The van der Waals surface area contributed by atoms with Gasteiger partial charge in [0, 0.05) is 38.0 Å². The molecule has 8 heteroatoms. The van der Waals surface area contributed by atoms with Crippen molar-refractivity contribution in [1.82, 2.24) is 14.8 Å². The number of pyridine rings is 1. The minimum Gasteiger partial charge on any atom is -0.473 e. The van der Waals surface area contributed by atoms with E-state index in [2.05, 4.69) is 4.98 Å². The van der Waals surface area contributed by atoms with Gasteiger partial charge in [0.05, 0.1) is 19.1 Å². The summed E-state index contributed by atoms with van der Waals surface area (Å²) >= 11 is 0. The summed E-state index contributed by atoms with van der Waals surface area (Å²) in [7, 11) is 1.59. The molecule has 2 amide bonds. The highest BCUT2D eigenvalue weighted by Crippen LogP contribution is 2.19. The number of ether oxygens (including phenoxy) is 2. The monoisotopic (exact) mass is 439 g/mol. The molecule has 0 radical (unpaired) electrons. The van der Waals surface area contributed by atoms with Crippen LogP contribution in [0.5, 0.6) is 5.88 Å². The van der Waals surface area contributed by atoms with E-state index in [4.69, 9.17) is 9.47 Å². The first-order chi connectivity index (χ1) is 15.5. The largest absolute Gasteiger partial charge is 0.473 e. The minimum absolute atomic E-state index is 0.0363. The van der Waals surface area contributed by atoms with E-state index in [1.165, 1.54) is 11.1 Å². The van der Waals surface area contributed by atoms with E-state index in [0.29, 0.717) is 50.6 Å². The van der Waals surface area contributed by atoms with Gasteiger partial charge in [0.2, 0.25) is 11.8 Å².